The molecule has 27 nitrogen and oxygen atoms in total. The van der Waals surface area contributed by atoms with E-state index in [2.05, 4.69) is 0 Å². The lowest BCUT2D eigenvalue weighted by molar-refractivity contribution is -0.282. The van der Waals surface area contributed by atoms with E-state index >= 15 is 0 Å². The summed E-state index contributed by atoms with van der Waals surface area (Å²) in [5.74, 6) is -31.5. The summed E-state index contributed by atoms with van der Waals surface area (Å²) in [6, 6.07) is 2.26. The highest BCUT2D eigenvalue weighted by molar-refractivity contribution is 6.11. The van der Waals surface area contributed by atoms with Crippen LogP contribution in [-0.4, -0.2) is 149 Å². The molecule has 8 rings (SSSR count). The Bertz CT molecular complexity index is 3080. The first kappa shape index (κ1) is 44.8. The zero-order valence-corrected chi connectivity index (χ0v) is 33.1. The third-order valence-corrected chi connectivity index (χ3v) is 10.8. The Balaban J connectivity index is 1.38. The summed E-state index contributed by atoms with van der Waals surface area (Å²) >= 11 is 0. The van der Waals surface area contributed by atoms with Crippen LogP contribution in [-0.2, 0) is 28.4 Å². The Morgan fingerprint density at radius 3 is 1.28 bits per heavy atom. The van der Waals surface area contributed by atoms with Crippen molar-refractivity contribution in [1.29, 1.82) is 0 Å². The van der Waals surface area contributed by atoms with E-state index in [4.69, 9.17) is 28.4 Å². The zero-order chi connectivity index (χ0) is 49.7. The van der Waals surface area contributed by atoms with Gasteiger partial charge in [0.1, 0.15) is 18.3 Å². The fourth-order valence-corrected chi connectivity index (χ4v) is 7.51. The first-order valence-corrected chi connectivity index (χ1v) is 18.7. The number of cyclic esters (lactones) is 1. The maximum absolute atomic E-state index is 14.5. The van der Waals surface area contributed by atoms with Crippen LogP contribution < -0.4 is 0 Å². The van der Waals surface area contributed by atoms with Gasteiger partial charge in [-0.25, -0.2) is 24.0 Å². The number of esters is 5. The van der Waals surface area contributed by atoms with E-state index in [-0.39, 0.29) is 0 Å². The number of benzene rings is 5. The molecular formula is C41H28O27. The van der Waals surface area contributed by atoms with Gasteiger partial charge in [-0.05, 0) is 30.3 Å². The molecule has 0 radical (unpaired) electrons. The average molecular weight is 953 g/mol. The van der Waals surface area contributed by atoms with Crippen LogP contribution in [0.1, 0.15) is 51.8 Å². The van der Waals surface area contributed by atoms with Gasteiger partial charge in [0, 0.05) is 16.7 Å². The van der Waals surface area contributed by atoms with Crippen molar-refractivity contribution >= 4 is 29.8 Å². The average Bonchev–Trinajstić information content (AvgIpc) is 3.30. The van der Waals surface area contributed by atoms with E-state index in [0.717, 1.165) is 0 Å². The highest BCUT2D eigenvalue weighted by Gasteiger charge is 2.56. The standard InChI is InChI=1S/C41H28O27/c42-11-1-7(2-12(43)22(11)47)36(58)68-41-35-34(66-38(60)9-4-14(45)23(48)26(51)17(9)18-10(39(61)67-35)5-15(46)24(49)27(18)52)33-16(64-41)6-63-37(59)8-3-13(44)25(50)28(53)19(8)20-21(40(62)65-33)30(55)32(57)31(56)29(20)54/h1-5,16,33-35,41-57H,6H2/t16-,33-,34+,35-,41+/m1/s1. The van der Waals surface area contributed by atoms with Crippen molar-refractivity contribution in [3.05, 3.63) is 58.1 Å². The van der Waals surface area contributed by atoms with Gasteiger partial charge in [-0.2, -0.15) is 0 Å². The third kappa shape index (κ3) is 6.76. The number of ether oxygens (including phenoxy) is 6. The molecule has 0 amide bonds. The summed E-state index contributed by atoms with van der Waals surface area (Å²) < 4.78 is 33.4. The number of hydrogen-bond acceptors (Lipinski definition) is 27. The number of phenolic OH excluding ortho intramolecular Hbond substituents is 16. The van der Waals surface area contributed by atoms with Gasteiger partial charge < -0.3 is 110 Å². The lowest BCUT2D eigenvalue weighted by Crippen LogP contribution is -2.63. The number of aromatic hydroxyl groups is 16. The third-order valence-electron chi connectivity index (χ3n) is 10.8. The fourth-order valence-electron chi connectivity index (χ4n) is 7.51. The Morgan fingerprint density at radius 2 is 0.794 bits per heavy atom. The van der Waals surface area contributed by atoms with Gasteiger partial charge in [-0.15, -0.1) is 0 Å². The van der Waals surface area contributed by atoms with Gasteiger partial charge >= 0.3 is 29.8 Å². The van der Waals surface area contributed by atoms with E-state index in [1.54, 1.807) is 0 Å². The Kier molecular flexibility index (Phi) is 10.4. The van der Waals surface area contributed by atoms with Gasteiger partial charge in [0.2, 0.25) is 41.1 Å². The summed E-state index contributed by atoms with van der Waals surface area (Å²) in [6.45, 7) is -1.32. The summed E-state index contributed by atoms with van der Waals surface area (Å²) in [5, 5.41) is 169. The maximum Gasteiger partial charge on any atom is 0.343 e. The maximum atomic E-state index is 14.5. The quantitative estimate of drug-likeness (QED) is 0.0514. The molecule has 68 heavy (non-hydrogen) atoms. The number of hydrogen-bond donors (Lipinski definition) is 16. The first-order valence-electron chi connectivity index (χ1n) is 18.7. The van der Waals surface area contributed by atoms with Crippen LogP contribution in [0, 0.1) is 0 Å². The number of carbonyl (C=O) groups excluding carboxylic acids is 5. The summed E-state index contributed by atoms with van der Waals surface area (Å²) in [7, 11) is 0. The van der Waals surface area contributed by atoms with E-state index in [1.807, 2.05) is 0 Å². The van der Waals surface area contributed by atoms with Crippen LogP contribution in [0.15, 0.2) is 30.3 Å². The van der Waals surface area contributed by atoms with Crippen molar-refractivity contribution in [1.82, 2.24) is 0 Å². The second kappa shape index (κ2) is 15.7. The van der Waals surface area contributed by atoms with Gasteiger partial charge in [-0.3, -0.25) is 0 Å². The molecule has 16 N–H and O–H groups in total. The molecule has 3 aliphatic heterocycles. The minimum Gasteiger partial charge on any atom is -0.504 e. The van der Waals surface area contributed by atoms with Gasteiger partial charge in [0.15, 0.2) is 75.5 Å². The largest absolute Gasteiger partial charge is 0.504 e. The van der Waals surface area contributed by atoms with Crippen LogP contribution in [0.3, 0.4) is 0 Å². The molecular weight excluding hydrogens is 924 g/mol. The van der Waals surface area contributed by atoms with Gasteiger partial charge in [-0.1, -0.05) is 0 Å². The summed E-state index contributed by atoms with van der Waals surface area (Å²) in [6.07, 6.45) is -12.5. The molecule has 0 aliphatic carbocycles. The molecule has 1 fully saturated rings. The molecule has 5 atom stereocenters. The van der Waals surface area contributed by atoms with E-state index in [0.29, 0.717) is 30.3 Å². The monoisotopic (exact) mass is 952 g/mol. The lowest BCUT2D eigenvalue weighted by Gasteiger charge is -2.44. The number of phenols is 16. The van der Waals surface area contributed by atoms with Crippen molar-refractivity contribution in [2.75, 3.05) is 6.61 Å². The number of rotatable bonds is 2. The highest BCUT2D eigenvalue weighted by atomic mass is 16.7. The first-order chi connectivity index (χ1) is 31.9. The summed E-state index contributed by atoms with van der Waals surface area (Å²) in [5.41, 5.74) is -10.4. The number of fused-ring (bicyclic) bond motifs is 9. The molecule has 3 heterocycles. The minimum absolute atomic E-state index is 0.381. The van der Waals surface area contributed by atoms with E-state index in [9.17, 15) is 106 Å². The normalized spacial score (nSPS) is 19.9. The molecule has 0 bridgehead atoms. The van der Waals surface area contributed by atoms with Crippen LogP contribution >= 0.6 is 0 Å². The highest BCUT2D eigenvalue weighted by Crippen LogP contribution is 2.57. The van der Waals surface area contributed by atoms with Gasteiger partial charge in [0.25, 0.3) is 0 Å². The van der Waals surface area contributed by atoms with Crippen LogP contribution in [0.25, 0.3) is 22.3 Å². The summed E-state index contributed by atoms with van der Waals surface area (Å²) in [4.78, 5) is 70.8. The molecule has 0 spiro atoms. The van der Waals surface area contributed by atoms with E-state index in [1.165, 1.54) is 0 Å². The van der Waals surface area contributed by atoms with Crippen molar-refractivity contribution in [3.8, 4) is 114 Å². The smallest absolute Gasteiger partial charge is 0.343 e. The van der Waals surface area contributed by atoms with Crippen LogP contribution in [0.2, 0.25) is 0 Å². The molecule has 5 aromatic carbocycles. The molecule has 0 aromatic heterocycles. The molecule has 354 valence electrons. The molecule has 5 aromatic rings. The predicted octanol–water partition coefficient (Wildman–Crippen LogP) is 1.35. The lowest BCUT2D eigenvalue weighted by atomic mass is 9.90. The Labute approximate surface area is 373 Å². The van der Waals surface area contributed by atoms with Gasteiger partial charge in [0.05, 0.1) is 27.8 Å². The SMILES string of the molecule is O=C(O[C@@H]1O[C@@H]2COC(=O)c3cc(O)c(O)c(O)c3-c3c(O)c(O)c(O)c(O)c3C(=O)O[C@H]2[C@@H]2OC(=O)c3cc(O)c(O)c(O)c3-c3c(cc(O)c(O)c3O)C(=O)O[C@@H]12)c1cc(O)c(O)c(O)c1. The Morgan fingerprint density at radius 1 is 0.412 bits per heavy atom. The molecule has 3 aliphatic rings. The Hall–Kier alpha value is -9.79. The fraction of sp³-hybridized carbons (Fsp3) is 0.146. The van der Waals surface area contributed by atoms with Crippen molar-refractivity contribution in [2.24, 2.45) is 0 Å². The van der Waals surface area contributed by atoms with Crippen LogP contribution in [0.4, 0.5) is 0 Å². The molecule has 0 unspecified atom stereocenters. The molecule has 1 saturated heterocycles. The molecule has 27 heteroatoms. The second-order valence-electron chi connectivity index (χ2n) is 14.7. The van der Waals surface area contributed by atoms with Crippen molar-refractivity contribution in [3.63, 3.8) is 0 Å². The van der Waals surface area contributed by atoms with Crippen molar-refractivity contribution in [2.45, 2.75) is 30.7 Å². The van der Waals surface area contributed by atoms with Crippen molar-refractivity contribution < 1.29 is 134 Å². The predicted molar refractivity (Wildman–Crippen MR) is 209 cm³/mol. The topological polar surface area (TPSA) is 464 Å². The second-order valence-corrected chi connectivity index (χ2v) is 14.7. The van der Waals surface area contributed by atoms with Crippen LogP contribution in [0.5, 0.6) is 92.0 Å². The number of carbonyl (C=O) groups is 5. The zero-order valence-electron chi connectivity index (χ0n) is 33.1. The van der Waals surface area contributed by atoms with E-state index < -0.39 is 209 Å². The molecule has 0 saturated carbocycles. The minimum atomic E-state index is -2.60.